The summed E-state index contributed by atoms with van der Waals surface area (Å²) in [6, 6.07) is 7.70. The fraction of sp³-hybridized carbons (Fsp3) is 0.312. The molecule has 3 rings (SSSR count). The van der Waals surface area contributed by atoms with Crippen LogP contribution in [0.4, 0.5) is 10.1 Å². The molecule has 0 unspecified atom stereocenters. The van der Waals surface area contributed by atoms with E-state index in [1.807, 2.05) is 0 Å². The zero-order valence-corrected chi connectivity index (χ0v) is 12.0. The van der Waals surface area contributed by atoms with Crippen LogP contribution in [0.2, 0.25) is 0 Å². The van der Waals surface area contributed by atoms with Crippen LogP contribution in [0.1, 0.15) is 34.9 Å². The first-order chi connectivity index (χ1) is 10.7. The normalized spacial score (nSPS) is 15.5. The summed E-state index contributed by atoms with van der Waals surface area (Å²) >= 11 is 0. The molecule has 0 bridgehead atoms. The zero-order chi connectivity index (χ0) is 15.4. The molecule has 0 atom stereocenters. The molecule has 0 spiro atoms. The summed E-state index contributed by atoms with van der Waals surface area (Å²) in [5.41, 5.74) is 1.20. The lowest BCUT2D eigenvalue weighted by atomic mass is 9.96. The molecule has 1 N–H and O–H groups in total. The van der Waals surface area contributed by atoms with Crippen molar-refractivity contribution in [3.8, 4) is 0 Å². The van der Waals surface area contributed by atoms with Gasteiger partial charge in [-0.05, 0) is 31.0 Å². The minimum absolute atomic E-state index is 0.138. The molecular formula is C16H16FN3O2. The lowest BCUT2D eigenvalue weighted by molar-refractivity contribution is 0.0844. The van der Waals surface area contributed by atoms with Crippen LogP contribution in [-0.2, 0) is 4.74 Å². The summed E-state index contributed by atoms with van der Waals surface area (Å²) in [4.78, 5) is 20.4. The molecule has 1 aromatic heterocycles. The molecule has 0 saturated carbocycles. The molecule has 5 nitrogen and oxygen atoms in total. The maximum Gasteiger partial charge on any atom is 0.274 e. The molecule has 1 aromatic carbocycles. The van der Waals surface area contributed by atoms with E-state index in [4.69, 9.17) is 4.74 Å². The van der Waals surface area contributed by atoms with Crippen LogP contribution >= 0.6 is 0 Å². The minimum atomic E-state index is -0.477. The molecule has 22 heavy (non-hydrogen) atoms. The fourth-order valence-corrected chi connectivity index (χ4v) is 2.46. The van der Waals surface area contributed by atoms with E-state index < -0.39 is 11.7 Å². The highest BCUT2D eigenvalue weighted by atomic mass is 19.1. The number of amides is 1. The lowest BCUT2D eigenvalue weighted by Crippen LogP contribution is -2.18. The van der Waals surface area contributed by atoms with E-state index in [1.54, 1.807) is 18.2 Å². The third kappa shape index (κ3) is 3.28. The first-order valence-corrected chi connectivity index (χ1v) is 7.19. The molecule has 114 valence electrons. The summed E-state index contributed by atoms with van der Waals surface area (Å²) in [5, 5.41) is 2.53. The Kier molecular flexibility index (Phi) is 4.39. The van der Waals surface area contributed by atoms with E-state index in [0.717, 1.165) is 18.5 Å². The number of nitrogens with zero attached hydrogens (tertiary/aromatic N) is 2. The predicted molar refractivity (Wildman–Crippen MR) is 79.2 cm³/mol. The van der Waals surface area contributed by atoms with Gasteiger partial charge in [0.15, 0.2) is 0 Å². The number of ether oxygens (including phenoxy) is 1. The number of hydrogen-bond acceptors (Lipinski definition) is 4. The molecule has 1 saturated heterocycles. The van der Waals surface area contributed by atoms with Gasteiger partial charge in [0.2, 0.25) is 0 Å². The Morgan fingerprint density at radius 1 is 1.23 bits per heavy atom. The van der Waals surface area contributed by atoms with E-state index in [2.05, 4.69) is 15.3 Å². The maximum absolute atomic E-state index is 13.6. The van der Waals surface area contributed by atoms with Crippen molar-refractivity contribution in [3.63, 3.8) is 0 Å². The van der Waals surface area contributed by atoms with Gasteiger partial charge in [-0.3, -0.25) is 4.79 Å². The van der Waals surface area contributed by atoms with Crippen molar-refractivity contribution in [2.45, 2.75) is 18.8 Å². The van der Waals surface area contributed by atoms with E-state index in [0.29, 0.717) is 13.2 Å². The number of carbonyl (C=O) groups is 1. The number of carbonyl (C=O) groups excluding carboxylic acids is 1. The van der Waals surface area contributed by atoms with Gasteiger partial charge in [-0.25, -0.2) is 14.4 Å². The summed E-state index contributed by atoms with van der Waals surface area (Å²) in [6.07, 6.45) is 3.14. The highest BCUT2D eigenvalue weighted by molar-refractivity contribution is 6.02. The van der Waals surface area contributed by atoms with Crippen LogP contribution in [0, 0.1) is 5.82 Å². The summed E-state index contributed by atoms with van der Waals surface area (Å²) in [6.45, 7) is 1.40. The van der Waals surface area contributed by atoms with E-state index in [1.165, 1.54) is 18.5 Å². The Bertz CT molecular complexity index is 672. The number of hydrogen-bond donors (Lipinski definition) is 1. The van der Waals surface area contributed by atoms with Gasteiger partial charge in [0.25, 0.3) is 5.91 Å². The summed E-state index contributed by atoms with van der Waals surface area (Å²) in [7, 11) is 0. The molecule has 2 heterocycles. The first-order valence-electron chi connectivity index (χ1n) is 7.19. The number of halogens is 1. The number of aromatic nitrogens is 2. The van der Waals surface area contributed by atoms with Crippen molar-refractivity contribution >= 4 is 11.6 Å². The maximum atomic E-state index is 13.6. The topological polar surface area (TPSA) is 64.1 Å². The molecule has 1 fully saturated rings. The van der Waals surface area contributed by atoms with Gasteiger partial charge >= 0.3 is 0 Å². The second-order valence-electron chi connectivity index (χ2n) is 5.15. The molecule has 1 aliphatic heterocycles. The average molecular weight is 301 g/mol. The molecular weight excluding hydrogens is 285 g/mol. The average Bonchev–Trinajstić information content (AvgIpc) is 2.58. The third-order valence-electron chi connectivity index (χ3n) is 3.68. The Labute approximate surface area is 127 Å². The number of rotatable bonds is 3. The quantitative estimate of drug-likeness (QED) is 0.947. The van der Waals surface area contributed by atoms with Crippen LogP contribution in [0.5, 0.6) is 0 Å². The van der Waals surface area contributed by atoms with Crippen molar-refractivity contribution in [1.29, 1.82) is 0 Å². The Morgan fingerprint density at radius 2 is 2.00 bits per heavy atom. The number of benzene rings is 1. The van der Waals surface area contributed by atoms with Gasteiger partial charge < -0.3 is 10.1 Å². The summed E-state index contributed by atoms with van der Waals surface area (Å²) < 4.78 is 18.9. The van der Waals surface area contributed by atoms with Crippen LogP contribution in [-0.4, -0.2) is 29.1 Å². The highest BCUT2D eigenvalue weighted by Gasteiger charge is 2.19. The first kappa shape index (κ1) is 14.6. The van der Waals surface area contributed by atoms with Gasteiger partial charge in [0.05, 0.1) is 5.69 Å². The van der Waals surface area contributed by atoms with Crippen LogP contribution in [0.25, 0.3) is 0 Å². The van der Waals surface area contributed by atoms with Gasteiger partial charge in [-0.15, -0.1) is 0 Å². The predicted octanol–water partition coefficient (Wildman–Crippen LogP) is 2.76. The molecule has 1 amide bonds. The van der Waals surface area contributed by atoms with Gasteiger partial charge in [-0.2, -0.15) is 0 Å². The standard InChI is InChI=1S/C16H16FN3O2/c17-12-3-1-2-4-13(12)20-16(21)15-9-14(18-10-19-15)11-5-7-22-8-6-11/h1-4,9-11H,5-8H2,(H,20,21). The number of nitrogens with one attached hydrogen (secondary N) is 1. The molecule has 2 aromatic rings. The van der Waals surface area contributed by atoms with E-state index >= 15 is 0 Å². The van der Waals surface area contributed by atoms with Crippen LogP contribution in [0.3, 0.4) is 0 Å². The van der Waals surface area contributed by atoms with Crippen LogP contribution in [0.15, 0.2) is 36.7 Å². The number of para-hydroxylation sites is 1. The molecule has 1 aliphatic rings. The summed E-state index contributed by atoms with van der Waals surface area (Å²) in [5.74, 6) is -0.646. The van der Waals surface area contributed by atoms with Gasteiger partial charge in [-0.1, -0.05) is 12.1 Å². The fourth-order valence-electron chi connectivity index (χ4n) is 2.46. The van der Waals surface area contributed by atoms with Gasteiger partial charge in [0, 0.05) is 24.8 Å². The van der Waals surface area contributed by atoms with Crippen molar-refractivity contribution in [2.75, 3.05) is 18.5 Å². The van der Waals surface area contributed by atoms with Crippen LogP contribution < -0.4 is 5.32 Å². The highest BCUT2D eigenvalue weighted by Crippen LogP contribution is 2.25. The second kappa shape index (κ2) is 6.62. The zero-order valence-electron chi connectivity index (χ0n) is 12.0. The van der Waals surface area contributed by atoms with Gasteiger partial charge in [0.1, 0.15) is 17.8 Å². The molecule has 0 aliphatic carbocycles. The lowest BCUT2D eigenvalue weighted by Gasteiger charge is -2.21. The van der Waals surface area contributed by atoms with Crippen molar-refractivity contribution in [1.82, 2.24) is 9.97 Å². The van der Waals surface area contributed by atoms with Crippen molar-refractivity contribution in [3.05, 3.63) is 53.9 Å². The Balaban J connectivity index is 1.76. The van der Waals surface area contributed by atoms with E-state index in [9.17, 15) is 9.18 Å². The Morgan fingerprint density at radius 3 is 2.77 bits per heavy atom. The largest absolute Gasteiger partial charge is 0.381 e. The third-order valence-corrected chi connectivity index (χ3v) is 3.68. The molecule has 0 radical (unpaired) electrons. The van der Waals surface area contributed by atoms with Crippen molar-refractivity contribution in [2.24, 2.45) is 0 Å². The smallest absolute Gasteiger partial charge is 0.274 e. The number of anilines is 1. The minimum Gasteiger partial charge on any atom is -0.381 e. The molecule has 6 heteroatoms. The second-order valence-corrected chi connectivity index (χ2v) is 5.15. The van der Waals surface area contributed by atoms with Crippen molar-refractivity contribution < 1.29 is 13.9 Å². The monoisotopic (exact) mass is 301 g/mol. The van der Waals surface area contributed by atoms with E-state index in [-0.39, 0.29) is 17.3 Å². The SMILES string of the molecule is O=C(Nc1ccccc1F)c1cc(C2CCOCC2)ncn1. The Hall–Kier alpha value is -2.34.